The first kappa shape index (κ1) is 9.16. The smallest absolute Gasteiger partial charge is 0.258 e. The molecule has 0 bridgehead atoms. The summed E-state index contributed by atoms with van der Waals surface area (Å²) in [5.74, 6) is -0.828. The zero-order valence-electron chi connectivity index (χ0n) is 7.68. The van der Waals surface area contributed by atoms with E-state index in [4.69, 9.17) is 5.26 Å². The summed E-state index contributed by atoms with van der Waals surface area (Å²) in [6.07, 6.45) is 2.38. The number of amides is 2. The van der Waals surface area contributed by atoms with Crippen molar-refractivity contribution in [2.45, 2.75) is 0 Å². The molecule has 0 aliphatic carbocycles. The Balaban J connectivity index is 2.52. The Morgan fingerprint density at radius 1 is 1.07 bits per heavy atom. The van der Waals surface area contributed by atoms with E-state index in [1.54, 1.807) is 24.3 Å². The molecule has 1 aromatic rings. The summed E-state index contributed by atoms with van der Waals surface area (Å²) in [6.45, 7) is 0. The number of nitriles is 1. The van der Waals surface area contributed by atoms with Gasteiger partial charge in [-0.2, -0.15) is 5.26 Å². The molecule has 0 aromatic heterocycles. The van der Waals surface area contributed by atoms with Gasteiger partial charge in [0.25, 0.3) is 11.8 Å². The third kappa shape index (κ3) is 1.40. The van der Waals surface area contributed by atoms with Crippen LogP contribution in [-0.2, 0) is 9.59 Å². The Bertz CT molecular complexity index is 494. The fourth-order valence-electron chi connectivity index (χ4n) is 1.40. The summed E-state index contributed by atoms with van der Waals surface area (Å²) in [7, 11) is 0. The van der Waals surface area contributed by atoms with Gasteiger partial charge >= 0.3 is 0 Å². The van der Waals surface area contributed by atoms with Gasteiger partial charge in [-0.1, -0.05) is 12.1 Å². The highest BCUT2D eigenvalue weighted by molar-refractivity contribution is 6.28. The molecule has 1 heterocycles. The molecular weight excluding hydrogens is 192 g/mol. The predicted molar refractivity (Wildman–Crippen MR) is 52.8 cm³/mol. The summed E-state index contributed by atoms with van der Waals surface area (Å²) in [5, 5.41) is 8.83. The van der Waals surface area contributed by atoms with Crippen LogP contribution in [0.15, 0.2) is 36.4 Å². The van der Waals surface area contributed by atoms with Crippen molar-refractivity contribution in [2.24, 2.45) is 0 Å². The monoisotopic (exact) mass is 198 g/mol. The molecule has 2 amide bonds. The van der Waals surface area contributed by atoms with E-state index in [1.807, 2.05) is 6.07 Å². The van der Waals surface area contributed by atoms with Gasteiger partial charge in [0, 0.05) is 12.2 Å². The quantitative estimate of drug-likeness (QED) is 0.632. The van der Waals surface area contributed by atoms with E-state index in [-0.39, 0.29) is 0 Å². The number of imide groups is 1. The number of hydrogen-bond acceptors (Lipinski definition) is 3. The Hall–Kier alpha value is -2.41. The Labute approximate surface area is 86.0 Å². The molecule has 1 aliphatic heterocycles. The fourth-order valence-corrected chi connectivity index (χ4v) is 1.40. The van der Waals surface area contributed by atoms with E-state index in [0.29, 0.717) is 11.3 Å². The summed E-state index contributed by atoms with van der Waals surface area (Å²) < 4.78 is 0. The van der Waals surface area contributed by atoms with E-state index < -0.39 is 11.8 Å². The summed E-state index contributed by atoms with van der Waals surface area (Å²) in [5.41, 5.74) is 0.642. The lowest BCUT2D eigenvalue weighted by Gasteiger charge is -2.14. The molecule has 2 rings (SSSR count). The summed E-state index contributed by atoms with van der Waals surface area (Å²) in [6, 6.07) is 8.43. The van der Waals surface area contributed by atoms with Crippen LogP contribution in [0.2, 0.25) is 0 Å². The van der Waals surface area contributed by atoms with Gasteiger partial charge < -0.3 is 0 Å². The lowest BCUT2D eigenvalue weighted by Crippen LogP contribution is -2.30. The maximum Gasteiger partial charge on any atom is 0.258 e. The molecule has 1 aliphatic rings. The maximum atomic E-state index is 11.4. The van der Waals surface area contributed by atoms with Gasteiger partial charge in [-0.15, -0.1) is 0 Å². The van der Waals surface area contributed by atoms with E-state index >= 15 is 0 Å². The number of benzene rings is 1. The Morgan fingerprint density at radius 2 is 1.67 bits per heavy atom. The second kappa shape index (κ2) is 3.39. The molecular formula is C11H6N2O2. The van der Waals surface area contributed by atoms with Crippen LogP contribution in [0.1, 0.15) is 5.56 Å². The third-order valence-electron chi connectivity index (χ3n) is 2.07. The minimum Gasteiger partial charge on any atom is -0.269 e. The van der Waals surface area contributed by atoms with Crippen molar-refractivity contribution >= 4 is 17.5 Å². The molecule has 0 saturated carbocycles. The summed E-state index contributed by atoms with van der Waals surface area (Å²) in [4.78, 5) is 23.7. The zero-order valence-corrected chi connectivity index (χ0v) is 7.68. The van der Waals surface area contributed by atoms with E-state index in [9.17, 15) is 9.59 Å². The first-order valence-corrected chi connectivity index (χ1v) is 4.29. The van der Waals surface area contributed by atoms with E-state index in [1.165, 1.54) is 12.2 Å². The van der Waals surface area contributed by atoms with Crippen LogP contribution in [-0.4, -0.2) is 11.8 Å². The number of nitrogens with zero attached hydrogens (tertiary/aromatic N) is 2. The minimum atomic E-state index is -0.414. The highest BCUT2D eigenvalue weighted by atomic mass is 16.2. The van der Waals surface area contributed by atoms with Crippen LogP contribution in [0.3, 0.4) is 0 Å². The van der Waals surface area contributed by atoms with Crippen molar-refractivity contribution < 1.29 is 9.59 Å². The van der Waals surface area contributed by atoms with Crippen LogP contribution >= 0.6 is 0 Å². The largest absolute Gasteiger partial charge is 0.269 e. The molecule has 0 unspecified atom stereocenters. The molecule has 0 spiro atoms. The van der Waals surface area contributed by atoms with Crippen LogP contribution in [0.5, 0.6) is 0 Å². The van der Waals surface area contributed by atoms with Crippen LogP contribution < -0.4 is 4.90 Å². The Morgan fingerprint density at radius 3 is 2.27 bits per heavy atom. The predicted octanol–water partition coefficient (Wildman–Crippen LogP) is 0.988. The van der Waals surface area contributed by atoms with E-state index in [2.05, 4.69) is 0 Å². The van der Waals surface area contributed by atoms with Crippen molar-refractivity contribution in [1.82, 2.24) is 0 Å². The molecule has 1 aromatic carbocycles. The van der Waals surface area contributed by atoms with Crippen molar-refractivity contribution in [3.63, 3.8) is 0 Å². The topological polar surface area (TPSA) is 61.2 Å². The van der Waals surface area contributed by atoms with Crippen molar-refractivity contribution in [3.05, 3.63) is 42.0 Å². The number of rotatable bonds is 1. The van der Waals surface area contributed by atoms with Gasteiger partial charge in [0.2, 0.25) is 0 Å². The molecule has 4 nitrogen and oxygen atoms in total. The number of carbonyl (C=O) groups is 2. The minimum absolute atomic E-state index is 0.308. The van der Waals surface area contributed by atoms with Gasteiger partial charge in [0.05, 0.1) is 11.3 Å². The van der Waals surface area contributed by atoms with Crippen molar-refractivity contribution in [1.29, 1.82) is 5.26 Å². The standard InChI is InChI=1S/C11H6N2O2/c12-7-8-3-1-2-4-9(8)13-10(14)5-6-11(13)15/h1-6H. The number of carbonyl (C=O) groups excluding carboxylic acids is 2. The van der Waals surface area contributed by atoms with Crippen LogP contribution in [0.25, 0.3) is 0 Å². The first-order valence-electron chi connectivity index (χ1n) is 4.29. The Kier molecular flexibility index (Phi) is 2.07. The van der Waals surface area contributed by atoms with Crippen molar-refractivity contribution in [3.8, 4) is 6.07 Å². The normalized spacial score (nSPS) is 14.5. The molecule has 72 valence electrons. The SMILES string of the molecule is N#Cc1ccccc1N1C(=O)C=CC1=O. The molecule has 0 saturated heterocycles. The fraction of sp³-hybridized carbons (Fsp3) is 0. The molecule has 0 radical (unpaired) electrons. The molecule has 4 heteroatoms. The average molecular weight is 198 g/mol. The lowest BCUT2D eigenvalue weighted by atomic mass is 10.2. The van der Waals surface area contributed by atoms with E-state index in [0.717, 1.165) is 4.90 Å². The lowest BCUT2D eigenvalue weighted by molar-refractivity contribution is -0.119. The molecule has 0 fully saturated rings. The molecule has 0 atom stereocenters. The van der Waals surface area contributed by atoms with Gasteiger partial charge in [0.1, 0.15) is 6.07 Å². The highest BCUT2D eigenvalue weighted by Crippen LogP contribution is 2.22. The van der Waals surface area contributed by atoms with Gasteiger partial charge in [-0.05, 0) is 12.1 Å². The third-order valence-corrected chi connectivity index (χ3v) is 2.07. The zero-order chi connectivity index (χ0) is 10.8. The number of anilines is 1. The second-order valence-corrected chi connectivity index (χ2v) is 2.97. The van der Waals surface area contributed by atoms with Crippen molar-refractivity contribution in [2.75, 3.05) is 4.90 Å². The number of hydrogen-bond donors (Lipinski definition) is 0. The number of para-hydroxylation sites is 1. The van der Waals surface area contributed by atoms with Crippen LogP contribution in [0, 0.1) is 11.3 Å². The first-order chi connectivity index (χ1) is 7.24. The van der Waals surface area contributed by atoms with Gasteiger partial charge in [0.15, 0.2) is 0 Å². The van der Waals surface area contributed by atoms with Crippen LogP contribution in [0.4, 0.5) is 5.69 Å². The second-order valence-electron chi connectivity index (χ2n) is 2.97. The molecule has 0 N–H and O–H groups in total. The van der Waals surface area contributed by atoms with Gasteiger partial charge in [-0.3, -0.25) is 9.59 Å². The van der Waals surface area contributed by atoms with Gasteiger partial charge in [-0.25, -0.2) is 4.90 Å². The average Bonchev–Trinajstić information content (AvgIpc) is 2.59. The summed E-state index contributed by atoms with van der Waals surface area (Å²) >= 11 is 0. The molecule has 15 heavy (non-hydrogen) atoms. The maximum absolute atomic E-state index is 11.4. The highest BCUT2D eigenvalue weighted by Gasteiger charge is 2.26.